The number of rotatable bonds is 27. The highest BCUT2D eigenvalue weighted by Crippen LogP contribution is 2.14. The van der Waals surface area contributed by atoms with Gasteiger partial charge in [0.2, 0.25) is 0 Å². The molecule has 0 aromatic heterocycles. The molecule has 0 aromatic rings. The van der Waals surface area contributed by atoms with Gasteiger partial charge in [0.05, 0.1) is 0 Å². The van der Waals surface area contributed by atoms with E-state index in [2.05, 4.69) is 19.1 Å². The van der Waals surface area contributed by atoms with Gasteiger partial charge in [0, 0.05) is 6.61 Å². The predicted molar refractivity (Wildman–Crippen MR) is 142 cm³/mol. The highest BCUT2D eigenvalue weighted by molar-refractivity contribution is 4.81. The Morgan fingerprint density at radius 2 is 0.613 bits per heavy atom. The van der Waals surface area contributed by atoms with E-state index in [9.17, 15) is 0 Å². The second kappa shape index (κ2) is 29.7. The molecule has 0 saturated carbocycles. The number of hydrogen-bond acceptors (Lipinski definition) is 1. The molecule has 0 aromatic carbocycles. The molecule has 0 fully saturated rings. The Labute approximate surface area is 197 Å². The summed E-state index contributed by atoms with van der Waals surface area (Å²) in [6, 6.07) is 0. The van der Waals surface area contributed by atoms with Gasteiger partial charge in [-0.3, -0.25) is 0 Å². The molecule has 1 N–H and O–H groups in total. The SMILES string of the molecule is CCCCCCCCCCCCCCCCC=CCCCCCCCCCCCCO. The van der Waals surface area contributed by atoms with Crippen molar-refractivity contribution < 1.29 is 5.11 Å². The fraction of sp³-hybridized carbons (Fsp3) is 0.933. The molecular weight excluding hydrogens is 376 g/mol. The Morgan fingerprint density at radius 1 is 0.355 bits per heavy atom. The average molecular weight is 437 g/mol. The van der Waals surface area contributed by atoms with E-state index in [1.165, 1.54) is 161 Å². The first-order valence-electron chi connectivity index (χ1n) is 14.7. The maximum atomic E-state index is 8.75. The summed E-state index contributed by atoms with van der Waals surface area (Å²) in [4.78, 5) is 0. The highest BCUT2D eigenvalue weighted by atomic mass is 16.2. The normalized spacial score (nSPS) is 11.7. The standard InChI is InChI=1S/C30H60O/c1-2-3-4-5-6-7-8-9-10-11-12-13-14-15-16-17-18-19-20-21-22-23-24-25-26-27-28-29-30-31/h17-18,31H,2-16,19-30H2,1H3. The number of allylic oxidation sites excluding steroid dienone is 2. The first-order valence-corrected chi connectivity index (χ1v) is 14.7. The molecular formula is C30H60O. The van der Waals surface area contributed by atoms with Crippen LogP contribution < -0.4 is 0 Å². The lowest BCUT2D eigenvalue weighted by atomic mass is 10.0. The van der Waals surface area contributed by atoms with Crippen LogP contribution in [0, 0.1) is 0 Å². The average Bonchev–Trinajstić information content (AvgIpc) is 2.78. The molecule has 0 rings (SSSR count). The molecule has 31 heavy (non-hydrogen) atoms. The summed E-state index contributed by atoms with van der Waals surface area (Å²) in [6.07, 6.45) is 41.1. The van der Waals surface area contributed by atoms with Crippen molar-refractivity contribution in [2.24, 2.45) is 0 Å². The van der Waals surface area contributed by atoms with Crippen molar-refractivity contribution in [1.29, 1.82) is 0 Å². The lowest BCUT2D eigenvalue weighted by Gasteiger charge is -2.03. The van der Waals surface area contributed by atoms with Crippen LogP contribution in [0.4, 0.5) is 0 Å². The minimum absolute atomic E-state index is 0.369. The van der Waals surface area contributed by atoms with Gasteiger partial charge < -0.3 is 5.11 Å². The van der Waals surface area contributed by atoms with Crippen molar-refractivity contribution in [1.82, 2.24) is 0 Å². The number of aliphatic hydroxyl groups is 1. The van der Waals surface area contributed by atoms with Crippen LogP contribution in [0.25, 0.3) is 0 Å². The minimum Gasteiger partial charge on any atom is -0.396 e. The smallest absolute Gasteiger partial charge is 0.0431 e. The third-order valence-electron chi connectivity index (χ3n) is 6.67. The second-order valence-corrected chi connectivity index (χ2v) is 9.90. The summed E-state index contributed by atoms with van der Waals surface area (Å²) in [6.45, 7) is 2.67. The summed E-state index contributed by atoms with van der Waals surface area (Å²) in [5.41, 5.74) is 0. The molecule has 186 valence electrons. The quantitative estimate of drug-likeness (QED) is 0.100. The molecule has 0 aliphatic rings. The third-order valence-corrected chi connectivity index (χ3v) is 6.67. The van der Waals surface area contributed by atoms with Gasteiger partial charge in [-0.05, 0) is 32.1 Å². The van der Waals surface area contributed by atoms with Gasteiger partial charge in [-0.15, -0.1) is 0 Å². The summed E-state index contributed by atoms with van der Waals surface area (Å²) in [5, 5.41) is 8.75. The van der Waals surface area contributed by atoms with E-state index >= 15 is 0 Å². The molecule has 0 heterocycles. The van der Waals surface area contributed by atoms with Crippen molar-refractivity contribution >= 4 is 0 Å². The monoisotopic (exact) mass is 436 g/mol. The lowest BCUT2D eigenvalue weighted by Crippen LogP contribution is -1.84. The van der Waals surface area contributed by atoms with Crippen molar-refractivity contribution in [3.63, 3.8) is 0 Å². The van der Waals surface area contributed by atoms with Gasteiger partial charge >= 0.3 is 0 Å². The molecule has 0 bridgehead atoms. The molecule has 1 heteroatoms. The van der Waals surface area contributed by atoms with Crippen molar-refractivity contribution in [2.75, 3.05) is 6.61 Å². The van der Waals surface area contributed by atoms with Crippen LogP contribution in [0.3, 0.4) is 0 Å². The van der Waals surface area contributed by atoms with E-state index < -0.39 is 0 Å². The van der Waals surface area contributed by atoms with Crippen LogP contribution in [0.2, 0.25) is 0 Å². The Balaban J connectivity index is 3.06. The van der Waals surface area contributed by atoms with Crippen LogP contribution in [0.1, 0.15) is 174 Å². The van der Waals surface area contributed by atoms with Gasteiger partial charge in [0.25, 0.3) is 0 Å². The molecule has 0 radical (unpaired) electrons. The minimum atomic E-state index is 0.369. The number of hydrogen-bond donors (Lipinski definition) is 1. The van der Waals surface area contributed by atoms with Crippen LogP contribution in [-0.4, -0.2) is 11.7 Å². The van der Waals surface area contributed by atoms with E-state index in [0.717, 1.165) is 6.42 Å². The maximum Gasteiger partial charge on any atom is 0.0431 e. The van der Waals surface area contributed by atoms with E-state index in [-0.39, 0.29) is 0 Å². The van der Waals surface area contributed by atoms with Crippen LogP contribution in [-0.2, 0) is 0 Å². The largest absolute Gasteiger partial charge is 0.396 e. The zero-order valence-electron chi connectivity index (χ0n) is 21.7. The zero-order valence-corrected chi connectivity index (χ0v) is 21.7. The first kappa shape index (κ1) is 30.7. The topological polar surface area (TPSA) is 20.2 Å². The summed E-state index contributed by atoms with van der Waals surface area (Å²) in [5.74, 6) is 0. The van der Waals surface area contributed by atoms with Gasteiger partial charge in [-0.2, -0.15) is 0 Å². The molecule has 0 saturated heterocycles. The van der Waals surface area contributed by atoms with Crippen molar-refractivity contribution in [3.8, 4) is 0 Å². The number of aliphatic hydroxyl groups excluding tert-OH is 1. The van der Waals surface area contributed by atoms with Crippen LogP contribution >= 0.6 is 0 Å². The van der Waals surface area contributed by atoms with Gasteiger partial charge in [0.1, 0.15) is 0 Å². The lowest BCUT2D eigenvalue weighted by molar-refractivity contribution is 0.282. The number of unbranched alkanes of at least 4 members (excludes halogenated alkanes) is 24. The van der Waals surface area contributed by atoms with Crippen LogP contribution in [0.5, 0.6) is 0 Å². The fourth-order valence-corrected chi connectivity index (χ4v) is 4.48. The van der Waals surface area contributed by atoms with Crippen LogP contribution in [0.15, 0.2) is 12.2 Å². The fourth-order valence-electron chi connectivity index (χ4n) is 4.48. The zero-order chi connectivity index (χ0) is 22.5. The predicted octanol–water partition coefficient (Wildman–Crippen LogP) is 10.7. The third kappa shape index (κ3) is 29.7. The van der Waals surface area contributed by atoms with E-state index in [1.807, 2.05) is 0 Å². The Morgan fingerprint density at radius 3 is 0.903 bits per heavy atom. The van der Waals surface area contributed by atoms with Crippen molar-refractivity contribution in [3.05, 3.63) is 12.2 Å². The maximum absolute atomic E-state index is 8.75. The van der Waals surface area contributed by atoms with E-state index in [1.54, 1.807) is 0 Å². The molecule has 0 aliphatic heterocycles. The molecule has 0 unspecified atom stereocenters. The van der Waals surface area contributed by atoms with Gasteiger partial charge in [-0.25, -0.2) is 0 Å². The Hall–Kier alpha value is -0.300. The molecule has 0 amide bonds. The van der Waals surface area contributed by atoms with E-state index in [4.69, 9.17) is 5.11 Å². The molecule has 1 nitrogen and oxygen atoms in total. The Kier molecular flexibility index (Phi) is 29.4. The highest BCUT2D eigenvalue weighted by Gasteiger charge is 1.94. The Bertz CT molecular complexity index is 322. The first-order chi connectivity index (χ1) is 15.4. The second-order valence-electron chi connectivity index (χ2n) is 9.90. The van der Waals surface area contributed by atoms with Gasteiger partial charge in [-0.1, -0.05) is 154 Å². The summed E-state index contributed by atoms with van der Waals surface area (Å²) >= 11 is 0. The summed E-state index contributed by atoms with van der Waals surface area (Å²) in [7, 11) is 0. The molecule has 0 spiro atoms. The van der Waals surface area contributed by atoms with E-state index in [0.29, 0.717) is 6.61 Å². The summed E-state index contributed by atoms with van der Waals surface area (Å²) < 4.78 is 0. The van der Waals surface area contributed by atoms with Gasteiger partial charge in [0.15, 0.2) is 0 Å². The van der Waals surface area contributed by atoms with Crippen molar-refractivity contribution in [2.45, 2.75) is 174 Å². The molecule has 0 atom stereocenters. The molecule has 0 aliphatic carbocycles.